The maximum Gasteiger partial charge on any atom is 0.335 e. The van der Waals surface area contributed by atoms with Gasteiger partial charge in [-0.15, -0.1) is 0 Å². The summed E-state index contributed by atoms with van der Waals surface area (Å²) in [4.78, 5) is 30.4. The standard InChI is InChI=1S/C24H26N6O3/c1-33-15-18-7-4-12-30(18)22-9-3-8-21(29-22)28-20(23-26-10-11-27-23)14-19(25)16-5-2-6-17(13-16)24(31)32/h2-3,5-6,8-11,13,18,25H,4,7,12,14-15H2,1H3,(H,26,27)(H,31,32). The molecule has 0 radical (unpaired) electrons. The molecule has 2 aromatic heterocycles. The molecule has 0 bridgehead atoms. The molecule has 0 saturated carbocycles. The molecule has 3 heterocycles. The van der Waals surface area contributed by atoms with Gasteiger partial charge in [-0.3, -0.25) is 0 Å². The number of benzene rings is 1. The van der Waals surface area contributed by atoms with Crippen molar-refractivity contribution in [3.63, 3.8) is 0 Å². The van der Waals surface area contributed by atoms with E-state index >= 15 is 0 Å². The minimum Gasteiger partial charge on any atom is -0.478 e. The van der Waals surface area contributed by atoms with Crippen molar-refractivity contribution < 1.29 is 14.6 Å². The van der Waals surface area contributed by atoms with E-state index in [1.54, 1.807) is 31.6 Å². The molecule has 1 aromatic carbocycles. The number of carboxylic acids is 1. The predicted molar refractivity (Wildman–Crippen MR) is 126 cm³/mol. The van der Waals surface area contributed by atoms with Crippen molar-refractivity contribution in [1.29, 1.82) is 5.41 Å². The summed E-state index contributed by atoms with van der Waals surface area (Å²) >= 11 is 0. The van der Waals surface area contributed by atoms with Crippen LogP contribution in [0.15, 0.2) is 59.9 Å². The summed E-state index contributed by atoms with van der Waals surface area (Å²) in [7, 11) is 1.71. The molecule has 3 N–H and O–H groups in total. The van der Waals surface area contributed by atoms with E-state index in [4.69, 9.17) is 20.1 Å². The molecule has 0 aliphatic carbocycles. The topological polar surface area (TPSA) is 128 Å². The quantitative estimate of drug-likeness (QED) is 0.430. The average Bonchev–Trinajstić information content (AvgIpc) is 3.52. The fourth-order valence-electron chi connectivity index (χ4n) is 3.98. The highest BCUT2D eigenvalue weighted by atomic mass is 16.5. The van der Waals surface area contributed by atoms with Gasteiger partial charge >= 0.3 is 5.97 Å². The lowest BCUT2D eigenvalue weighted by Gasteiger charge is -2.25. The molecule has 1 fully saturated rings. The second-order valence-electron chi connectivity index (χ2n) is 7.84. The van der Waals surface area contributed by atoms with E-state index in [-0.39, 0.29) is 17.7 Å². The maximum absolute atomic E-state index is 11.3. The Bertz CT molecular complexity index is 1160. The van der Waals surface area contributed by atoms with Gasteiger partial charge in [0, 0.05) is 38.2 Å². The zero-order valence-corrected chi connectivity index (χ0v) is 18.4. The van der Waals surface area contributed by atoms with Gasteiger partial charge < -0.3 is 25.1 Å². The number of rotatable bonds is 9. The van der Waals surface area contributed by atoms with E-state index in [9.17, 15) is 9.90 Å². The second kappa shape index (κ2) is 10.2. The van der Waals surface area contributed by atoms with Gasteiger partial charge in [0.25, 0.3) is 0 Å². The number of hydrogen-bond donors (Lipinski definition) is 3. The van der Waals surface area contributed by atoms with Crippen LogP contribution in [0.4, 0.5) is 11.6 Å². The van der Waals surface area contributed by atoms with Gasteiger partial charge in [0.15, 0.2) is 11.6 Å². The molecule has 1 unspecified atom stereocenters. The van der Waals surface area contributed by atoms with Gasteiger partial charge in [0.1, 0.15) is 5.82 Å². The number of imidazole rings is 1. The number of carbonyl (C=O) groups is 1. The Balaban J connectivity index is 1.62. The number of pyridine rings is 1. The Kier molecular flexibility index (Phi) is 6.89. The lowest BCUT2D eigenvalue weighted by Crippen LogP contribution is -2.33. The molecule has 1 aliphatic rings. The smallest absolute Gasteiger partial charge is 0.335 e. The molecule has 3 aromatic rings. The van der Waals surface area contributed by atoms with Gasteiger partial charge in [-0.1, -0.05) is 18.2 Å². The highest BCUT2D eigenvalue weighted by molar-refractivity contribution is 6.16. The highest BCUT2D eigenvalue weighted by Gasteiger charge is 2.25. The molecule has 9 heteroatoms. The average molecular weight is 447 g/mol. The van der Waals surface area contributed by atoms with Crippen LogP contribution in [-0.4, -0.2) is 63.8 Å². The summed E-state index contributed by atoms with van der Waals surface area (Å²) in [6, 6.07) is 12.4. The third-order valence-corrected chi connectivity index (χ3v) is 5.57. The van der Waals surface area contributed by atoms with E-state index in [0.29, 0.717) is 35.6 Å². The minimum absolute atomic E-state index is 0.138. The number of aliphatic imine (C=N–C) groups is 1. The molecule has 33 heavy (non-hydrogen) atoms. The lowest BCUT2D eigenvalue weighted by atomic mass is 10.0. The Morgan fingerprint density at radius 2 is 2.12 bits per heavy atom. The van der Waals surface area contributed by atoms with E-state index in [2.05, 4.69) is 14.9 Å². The molecular weight excluding hydrogens is 420 g/mol. The van der Waals surface area contributed by atoms with Crippen molar-refractivity contribution in [2.45, 2.75) is 25.3 Å². The van der Waals surface area contributed by atoms with Crippen molar-refractivity contribution in [3.8, 4) is 0 Å². The van der Waals surface area contributed by atoms with Gasteiger partial charge in [0.2, 0.25) is 0 Å². The van der Waals surface area contributed by atoms with Crippen LogP contribution in [0.2, 0.25) is 0 Å². The Morgan fingerprint density at radius 3 is 2.88 bits per heavy atom. The van der Waals surface area contributed by atoms with Crippen LogP contribution in [0.3, 0.4) is 0 Å². The largest absolute Gasteiger partial charge is 0.478 e. The summed E-state index contributed by atoms with van der Waals surface area (Å²) in [5.74, 6) is 0.881. The van der Waals surface area contributed by atoms with Crippen molar-refractivity contribution >= 4 is 29.0 Å². The first kappa shape index (κ1) is 22.3. The summed E-state index contributed by atoms with van der Waals surface area (Å²) < 4.78 is 5.36. The predicted octanol–water partition coefficient (Wildman–Crippen LogP) is 3.70. The fourth-order valence-corrected chi connectivity index (χ4v) is 3.98. The number of nitrogens with one attached hydrogen (secondary N) is 2. The number of aromatic nitrogens is 3. The molecule has 0 spiro atoms. The number of nitrogens with zero attached hydrogens (tertiary/aromatic N) is 4. The molecule has 4 rings (SSSR count). The summed E-state index contributed by atoms with van der Waals surface area (Å²) in [5, 5.41) is 17.8. The van der Waals surface area contributed by atoms with Gasteiger partial charge in [0.05, 0.1) is 23.9 Å². The molecule has 0 amide bonds. The summed E-state index contributed by atoms with van der Waals surface area (Å²) in [6.45, 7) is 1.57. The fraction of sp³-hybridized carbons (Fsp3) is 0.292. The lowest BCUT2D eigenvalue weighted by molar-refractivity contribution is 0.0697. The third-order valence-electron chi connectivity index (χ3n) is 5.57. The Labute approximate surface area is 191 Å². The first-order chi connectivity index (χ1) is 16.0. The van der Waals surface area contributed by atoms with Crippen LogP contribution in [0.5, 0.6) is 0 Å². The van der Waals surface area contributed by atoms with E-state index < -0.39 is 5.97 Å². The van der Waals surface area contributed by atoms with Gasteiger partial charge in [-0.05, 0) is 42.7 Å². The number of ether oxygens (including phenoxy) is 1. The Hall–Kier alpha value is -3.85. The number of carboxylic acid groups (broad SMARTS) is 1. The van der Waals surface area contributed by atoms with Gasteiger partial charge in [-0.25, -0.2) is 19.8 Å². The van der Waals surface area contributed by atoms with Crippen molar-refractivity contribution in [1.82, 2.24) is 15.0 Å². The van der Waals surface area contributed by atoms with E-state index in [0.717, 1.165) is 25.2 Å². The van der Waals surface area contributed by atoms with Gasteiger partial charge in [-0.2, -0.15) is 0 Å². The molecular formula is C24H26N6O3. The Morgan fingerprint density at radius 1 is 1.30 bits per heavy atom. The minimum atomic E-state index is -1.03. The van der Waals surface area contributed by atoms with Crippen LogP contribution in [0, 0.1) is 5.41 Å². The molecule has 1 aliphatic heterocycles. The first-order valence-corrected chi connectivity index (χ1v) is 10.8. The summed E-state index contributed by atoms with van der Waals surface area (Å²) in [6.07, 6.45) is 5.64. The van der Waals surface area contributed by atoms with Crippen molar-refractivity contribution in [3.05, 3.63) is 71.8 Å². The zero-order chi connectivity index (χ0) is 23.2. The normalized spacial score (nSPS) is 16.2. The van der Waals surface area contributed by atoms with Crippen LogP contribution in [0.1, 0.15) is 41.0 Å². The highest BCUT2D eigenvalue weighted by Crippen LogP contribution is 2.26. The number of anilines is 1. The SMILES string of the molecule is COCC1CCCN1c1cccc(N=C(CC(=N)c2cccc(C(=O)O)c2)c2ncc[nH]2)n1. The first-order valence-electron chi connectivity index (χ1n) is 10.8. The molecule has 1 saturated heterocycles. The number of hydrogen-bond acceptors (Lipinski definition) is 7. The molecule has 1 atom stereocenters. The van der Waals surface area contributed by atoms with Crippen LogP contribution >= 0.6 is 0 Å². The van der Waals surface area contributed by atoms with Crippen molar-refractivity contribution in [2.75, 3.05) is 25.2 Å². The zero-order valence-electron chi connectivity index (χ0n) is 18.4. The van der Waals surface area contributed by atoms with Crippen LogP contribution in [0.25, 0.3) is 0 Å². The number of aromatic amines is 1. The number of aromatic carboxylic acids is 1. The molecule has 170 valence electrons. The number of methoxy groups -OCH3 is 1. The summed E-state index contributed by atoms with van der Waals surface area (Å²) in [5.41, 5.74) is 1.45. The van der Waals surface area contributed by atoms with E-state index in [1.807, 2.05) is 18.2 Å². The molecule has 9 nitrogen and oxygen atoms in total. The van der Waals surface area contributed by atoms with Crippen LogP contribution in [-0.2, 0) is 4.74 Å². The third kappa shape index (κ3) is 5.32. The van der Waals surface area contributed by atoms with Crippen LogP contribution < -0.4 is 4.90 Å². The van der Waals surface area contributed by atoms with E-state index in [1.165, 1.54) is 12.1 Å². The van der Waals surface area contributed by atoms with Crippen molar-refractivity contribution in [2.24, 2.45) is 4.99 Å². The number of H-pyrrole nitrogens is 1. The second-order valence-corrected chi connectivity index (χ2v) is 7.84. The monoisotopic (exact) mass is 446 g/mol. The maximum atomic E-state index is 11.3.